The second-order valence-electron chi connectivity index (χ2n) is 4.06. The van der Waals surface area contributed by atoms with E-state index in [1.807, 2.05) is 6.92 Å². The van der Waals surface area contributed by atoms with Crippen molar-refractivity contribution in [3.63, 3.8) is 0 Å². The number of rotatable bonds is 4. The summed E-state index contributed by atoms with van der Waals surface area (Å²) in [6, 6.07) is 4.91. The van der Waals surface area contributed by atoms with Crippen molar-refractivity contribution >= 4 is 11.8 Å². The van der Waals surface area contributed by atoms with E-state index in [0.29, 0.717) is 11.1 Å². The lowest BCUT2D eigenvalue weighted by Crippen LogP contribution is -2.28. The van der Waals surface area contributed by atoms with Crippen LogP contribution in [0.5, 0.6) is 0 Å². The van der Waals surface area contributed by atoms with Crippen LogP contribution < -0.4 is 0 Å². The molecule has 0 fully saturated rings. The van der Waals surface area contributed by atoms with E-state index in [-0.39, 0.29) is 11.8 Å². The third-order valence-corrected chi connectivity index (χ3v) is 2.69. The fourth-order valence-corrected chi connectivity index (χ4v) is 1.56. The van der Waals surface area contributed by atoms with Crippen molar-refractivity contribution in [3.8, 4) is 0 Å². The predicted octanol–water partition coefficient (Wildman–Crippen LogP) is 1.26. The zero-order chi connectivity index (χ0) is 14.6. The summed E-state index contributed by atoms with van der Waals surface area (Å²) in [7, 11) is 5.82. The number of hydrogen-bond acceptors (Lipinski definition) is 4. The van der Waals surface area contributed by atoms with Crippen LogP contribution in [0.4, 0.5) is 0 Å². The Bertz CT molecular complexity index is 447. The molecule has 19 heavy (non-hydrogen) atoms. The van der Waals surface area contributed by atoms with E-state index in [0.717, 1.165) is 15.7 Å². The van der Waals surface area contributed by atoms with Crippen molar-refractivity contribution in [3.05, 3.63) is 34.9 Å². The molecule has 0 saturated heterocycles. The maximum absolute atomic E-state index is 12.0. The van der Waals surface area contributed by atoms with Crippen LogP contribution >= 0.6 is 0 Å². The molecule has 0 aliphatic rings. The van der Waals surface area contributed by atoms with E-state index >= 15 is 0 Å². The van der Waals surface area contributed by atoms with Gasteiger partial charge in [0.1, 0.15) is 0 Å². The second-order valence-corrected chi connectivity index (χ2v) is 4.06. The van der Waals surface area contributed by atoms with Gasteiger partial charge in [0, 0.05) is 25.2 Å². The average molecular weight is 266 g/mol. The Kier molecular flexibility index (Phi) is 5.02. The Labute approximate surface area is 112 Å². The first kappa shape index (κ1) is 15.1. The number of carbonyl (C=O) groups is 2. The first-order valence-corrected chi connectivity index (χ1v) is 5.66. The van der Waals surface area contributed by atoms with E-state index in [4.69, 9.17) is 9.68 Å². The van der Waals surface area contributed by atoms with Crippen LogP contribution in [0.25, 0.3) is 0 Å². The van der Waals surface area contributed by atoms with Crippen LogP contribution in [0.1, 0.15) is 26.3 Å². The van der Waals surface area contributed by atoms with Gasteiger partial charge in [0.25, 0.3) is 11.8 Å². The zero-order valence-electron chi connectivity index (χ0n) is 11.8. The number of hydroxylamine groups is 4. The second kappa shape index (κ2) is 6.31. The summed E-state index contributed by atoms with van der Waals surface area (Å²) in [6.07, 6.45) is 0. The van der Waals surface area contributed by atoms with Crippen molar-refractivity contribution < 1.29 is 19.3 Å². The van der Waals surface area contributed by atoms with Gasteiger partial charge in [-0.3, -0.25) is 19.3 Å². The molecule has 0 aromatic heterocycles. The Morgan fingerprint density at radius 1 is 0.895 bits per heavy atom. The summed E-state index contributed by atoms with van der Waals surface area (Å²) in [6.45, 7) is 1.81. The Morgan fingerprint density at radius 3 is 1.58 bits per heavy atom. The Hall–Kier alpha value is -1.92. The molecule has 0 bridgehead atoms. The summed E-state index contributed by atoms with van der Waals surface area (Å²) in [5.41, 5.74) is 1.58. The highest BCUT2D eigenvalue weighted by Gasteiger charge is 2.17. The van der Waals surface area contributed by atoms with Gasteiger partial charge < -0.3 is 0 Å². The zero-order valence-corrected chi connectivity index (χ0v) is 11.8. The van der Waals surface area contributed by atoms with E-state index in [1.165, 1.54) is 34.4 Å². The monoisotopic (exact) mass is 266 g/mol. The molecule has 0 unspecified atom stereocenters. The highest BCUT2D eigenvalue weighted by molar-refractivity contribution is 5.99. The van der Waals surface area contributed by atoms with Gasteiger partial charge in [-0.05, 0) is 30.7 Å². The van der Waals surface area contributed by atoms with Crippen molar-refractivity contribution in [2.24, 2.45) is 0 Å². The van der Waals surface area contributed by atoms with Crippen LogP contribution in [-0.2, 0) is 9.68 Å². The molecule has 0 N–H and O–H groups in total. The molecule has 0 aliphatic carbocycles. The van der Waals surface area contributed by atoms with Gasteiger partial charge in [0.2, 0.25) is 0 Å². The van der Waals surface area contributed by atoms with Gasteiger partial charge in [-0.15, -0.1) is 0 Å². The minimum absolute atomic E-state index is 0.319. The van der Waals surface area contributed by atoms with E-state index < -0.39 is 0 Å². The van der Waals surface area contributed by atoms with Gasteiger partial charge in [0.15, 0.2) is 0 Å². The molecule has 0 spiro atoms. The standard InChI is InChI=1S/C13H18N2O4/c1-9-6-10(12(16)14(2)18-4)8-11(7-9)13(17)15(3)19-5/h6-8H,1-5H3. The van der Waals surface area contributed by atoms with Crippen LogP contribution in [0, 0.1) is 6.92 Å². The summed E-state index contributed by atoms with van der Waals surface area (Å²) in [5, 5.41) is 2.20. The van der Waals surface area contributed by atoms with Gasteiger partial charge in [0.05, 0.1) is 14.2 Å². The molecule has 0 saturated carbocycles. The Morgan fingerprint density at radius 2 is 1.26 bits per heavy atom. The van der Waals surface area contributed by atoms with Crippen molar-refractivity contribution in [1.29, 1.82) is 0 Å². The first-order chi connectivity index (χ1) is 8.90. The number of hydrogen-bond donors (Lipinski definition) is 0. The van der Waals surface area contributed by atoms with Gasteiger partial charge >= 0.3 is 0 Å². The topological polar surface area (TPSA) is 59.1 Å². The number of aryl methyl sites for hydroxylation is 1. The fourth-order valence-electron chi connectivity index (χ4n) is 1.56. The van der Waals surface area contributed by atoms with Crippen LogP contribution in [0.3, 0.4) is 0 Å². The SMILES string of the molecule is CON(C)C(=O)c1cc(C)cc(C(=O)N(C)OC)c1. The maximum atomic E-state index is 12.0. The molecular weight excluding hydrogens is 248 g/mol. The maximum Gasteiger partial charge on any atom is 0.277 e. The lowest BCUT2D eigenvalue weighted by molar-refractivity contribution is -0.0762. The average Bonchev–Trinajstić information content (AvgIpc) is 2.43. The molecule has 1 aromatic rings. The quantitative estimate of drug-likeness (QED) is 0.770. The minimum atomic E-state index is -0.319. The number of carbonyl (C=O) groups excluding carboxylic acids is 2. The van der Waals surface area contributed by atoms with Gasteiger partial charge in [-0.2, -0.15) is 0 Å². The summed E-state index contributed by atoms with van der Waals surface area (Å²) >= 11 is 0. The normalized spacial score (nSPS) is 10.2. The van der Waals surface area contributed by atoms with Gasteiger partial charge in [-0.1, -0.05) is 0 Å². The lowest BCUT2D eigenvalue weighted by Gasteiger charge is -2.17. The molecule has 1 aromatic carbocycles. The van der Waals surface area contributed by atoms with E-state index in [2.05, 4.69) is 0 Å². The van der Waals surface area contributed by atoms with E-state index in [1.54, 1.807) is 12.1 Å². The van der Waals surface area contributed by atoms with Crippen LogP contribution in [0.2, 0.25) is 0 Å². The van der Waals surface area contributed by atoms with Crippen LogP contribution in [-0.4, -0.2) is 50.3 Å². The fraction of sp³-hybridized carbons (Fsp3) is 0.385. The van der Waals surface area contributed by atoms with Crippen molar-refractivity contribution in [2.75, 3.05) is 28.3 Å². The third kappa shape index (κ3) is 3.52. The largest absolute Gasteiger partial charge is 0.277 e. The lowest BCUT2D eigenvalue weighted by atomic mass is 10.1. The smallest absolute Gasteiger partial charge is 0.274 e. The highest BCUT2D eigenvalue weighted by Crippen LogP contribution is 2.13. The summed E-state index contributed by atoms with van der Waals surface area (Å²) in [5.74, 6) is -0.638. The Balaban J connectivity index is 3.14. The van der Waals surface area contributed by atoms with Gasteiger partial charge in [-0.25, -0.2) is 10.1 Å². The molecule has 6 heteroatoms. The molecule has 1 rings (SSSR count). The molecular formula is C13H18N2O4. The molecule has 2 amide bonds. The van der Waals surface area contributed by atoms with Crippen LogP contribution in [0.15, 0.2) is 18.2 Å². The third-order valence-electron chi connectivity index (χ3n) is 2.69. The first-order valence-electron chi connectivity index (χ1n) is 5.66. The summed E-state index contributed by atoms with van der Waals surface area (Å²) < 4.78 is 0. The number of nitrogens with zero attached hydrogens (tertiary/aromatic N) is 2. The molecule has 104 valence electrons. The number of amides is 2. The molecule has 0 aliphatic heterocycles. The predicted molar refractivity (Wildman–Crippen MR) is 69.4 cm³/mol. The van der Waals surface area contributed by atoms with Crippen molar-refractivity contribution in [1.82, 2.24) is 10.1 Å². The van der Waals surface area contributed by atoms with E-state index in [9.17, 15) is 9.59 Å². The number of benzene rings is 1. The van der Waals surface area contributed by atoms with Crippen molar-refractivity contribution in [2.45, 2.75) is 6.92 Å². The highest BCUT2D eigenvalue weighted by atomic mass is 16.7. The molecule has 0 radical (unpaired) electrons. The molecule has 0 atom stereocenters. The summed E-state index contributed by atoms with van der Waals surface area (Å²) in [4.78, 5) is 33.7. The molecule has 6 nitrogen and oxygen atoms in total. The molecule has 0 heterocycles. The minimum Gasteiger partial charge on any atom is -0.274 e.